The van der Waals surface area contributed by atoms with E-state index >= 15 is 0 Å². The molecule has 0 amide bonds. The van der Waals surface area contributed by atoms with Crippen LogP contribution in [0, 0.1) is 11.3 Å². The van der Waals surface area contributed by atoms with Gasteiger partial charge in [-0.3, -0.25) is 4.57 Å². The van der Waals surface area contributed by atoms with Crippen molar-refractivity contribution in [2.24, 2.45) is 0 Å². The van der Waals surface area contributed by atoms with Crippen LogP contribution < -0.4 is 5.73 Å². The molecule has 0 aliphatic heterocycles. The molecule has 20 heavy (non-hydrogen) atoms. The van der Waals surface area contributed by atoms with E-state index in [9.17, 15) is 0 Å². The molecule has 3 rings (SSSR count). The molecule has 96 valence electrons. The van der Waals surface area contributed by atoms with Gasteiger partial charge in [-0.15, -0.1) is 5.10 Å². The molecule has 0 aliphatic carbocycles. The SMILES string of the molecule is N#Cc1ccnnc1-n1ccnc1-c1ccc(N)cc1. The number of nitriles is 1. The highest BCUT2D eigenvalue weighted by molar-refractivity contribution is 5.61. The van der Waals surface area contributed by atoms with E-state index in [1.165, 1.54) is 6.20 Å². The Bertz CT molecular complexity index is 782. The molecule has 0 radical (unpaired) electrons. The van der Waals surface area contributed by atoms with E-state index in [0.29, 0.717) is 22.9 Å². The van der Waals surface area contributed by atoms with Crippen molar-refractivity contribution in [3.05, 3.63) is 54.5 Å². The summed E-state index contributed by atoms with van der Waals surface area (Å²) < 4.78 is 1.73. The molecule has 6 nitrogen and oxygen atoms in total. The number of benzene rings is 1. The van der Waals surface area contributed by atoms with Gasteiger partial charge in [0, 0.05) is 23.6 Å². The number of rotatable bonds is 2. The largest absolute Gasteiger partial charge is 0.399 e. The third-order valence-electron chi connectivity index (χ3n) is 2.86. The van der Waals surface area contributed by atoms with E-state index in [4.69, 9.17) is 11.0 Å². The second-order valence-corrected chi connectivity index (χ2v) is 4.12. The summed E-state index contributed by atoms with van der Waals surface area (Å²) in [5.41, 5.74) is 7.69. The molecule has 0 spiro atoms. The smallest absolute Gasteiger partial charge is 0.178 e. The van der Waals surface area contributed by atoms with Crippen molar-refractivity contribution in [3.63, 3.8) is 0 Å². The average Bonchev–Trinajstić information content (AvgIpc) is 2.97. The number of imidazole rings is 1. The highest BCUT2D eigenvalue weighted by atomic mass is 15.2. The molecule has 1 aromatic carbocycles. The Labute approximate surface area is 115 Å². The maximum absolute atomic E-state index is 9.15. The van der Waals surface area contributed by atoms with Gasteiger partial charge in [0.15, 0.2) is 5.82 Å². The standard InChI is InChI=1S/C14H10N6/c15-9-11-5-6-18-19-14(11)20-8-7-17-13(20)10-1-3-12(16)4-2-10/h1-8H,16H2. The highest BCUT2D eigenvalue weighted by Crippen LogP contribution is 2.22. The normalized spacial score (nSPS) is 10.2. The Morgan fingerprint density at radius 1 is 1.10 bits per heavy atom. The van der Waals surface area contributed by atoms with E-state index in [2.05, 4.69) is 21.3 Å². The Morgan fingerprint density at radius 3 is 2.65 bits per heavy atom. The third-order valence-corrected chi connectivity index (χ3v) is 2.86. The monoisotopic (exact) mass is 262 g/mol. The summed E-state index contributed by atoms with van der Waals surface area (Å²) in [6, 6.07) is 11.1. The van der Waals surface area contributed by atoms with Crippen molar-refractivity contribution < 1.29 is 0 Å². The minimum Gasteiger partial charge on any atom is -0.399 e. The molecule has 0 unspecified atom stereocenters. The van der Waals surface area contributed by atoms with Crippen LogP contribution in [0.4, 0.5) is 5.69 Å². The van der Waals surface area contributed by atoms with Crippen molar-refractivity contribution >= 4 is 5.69 Å². The fourth-order valence-corrected chi connectivity index (χ4v) is 1.91. The zero-order valence-corrected chi connectivity index (χ0v) is 10.4. The van der Waals surface area contributed by atoms with Gasteiger partial charge in [0.25, 0.3) is 0 Å². The van der Waals surface area contributed by atoms with Crippen LogP contribution in [0.15, 0.2) is 48.9 Å². The second kappa shape index (κ2) is 4.82. The zero-order valence-electron chi connectivity index (χ0n) is 10.4. The quantitative estimate of drug-likeness (QED) is 0.710. The summed E-state index contributed by atoms with van der Waals surface area (Å²) in [6.45, 7) is 0. The number of aromatic nitrogens is 4. The average molecular weight is 262 g/mol. The van der Waals surface area contributed by atoms with Gasteiger partial charge in [-0.2, -0.15) is 10.4 Å². The number of anilines is 1. The molecule has 0 bridgehead atoms. The van der Waals surface area contributed by atoms with E-state index in [-0.39, 0.29) is 0 Å². The predicted octanol–water partition coefficient (Wildman–Crippen LogP) is 1.78. The second-order valence-electron chi connectivity index (χ2n) is 4.12. The van der Waals surface area contributed by atoms with Crippen molar-refractivity contribution in [1.29, 1.82) is 5.26 Å². The number of hydrogen-bond acceptors (Lipinski definition) is 5. The van der Waals surface area contributed by atoms with Crippen LogP contribution in [0.2, 0.25) is 0 Å². The summed E-state index contributed by atoms with van der Waals surface area (Å²) in [6.07, 6.45) is 4.89. The summed E-state index contributed by atoms with van der Waals surface area (Å²) >= 11 is 0. The molecular formula is C14H10N6. The molecule has 6 heteroatoms. The minimum absolute atomic E-state index is 0.440. The Hall–Kier alpha value is -3.20. The van der Waals surface area contributed by atoms with Crippen LogP contribution >= 0.6 is 0 Å². The topological polar surface area (TPSA) is 93.4 Å². The first-order valence-corrected chi connectivity index (χ1v) is 5.91. The first-order valence-electron chi connectivity index (χ1n) is 5.91. The minimum atomic E-state index is 0.440. The number of nitrogens with two attached hydrogens (primary N) is 1. The van der Waals surface area contributed by atoms with Crippen molar-refractivity contribution in [2.45, 2.75) is 0 Å². The van der Waals surface area contributed by atoms with E-state index in [1.807, 2.05) is 12.1 Å². The van der Waals surface area contributed by atoms with E-state index in [1.54, 1.807) is 35.2 Å². The molecule has 2 N–H and O–H groups in total. The summed E-state index contributed by atoms with van der Waals surface area (Å²) in [5.74, 6) is 1.14. The number of hydrogen-bond donors (Lipinski definition) is 1. The first kappa shape index (κ1) is 11.9. The van der Waals surface area contributed by atoms with Gasteiger partial charge in [0.1, 0.15) is 11.9 Å². The van der Waals surface area contributed by atoms with Crippen molar-refractivity contribution in [2.75, 3.05) is 5.73 Å². The zero-order chi connectivity index (χ0) is 13.9. The Kier molecular flexibility index (Phi) is 2.86. The van der Waals surface area contributed by atoms with Crippen LogP contribution in [0.3, 0.4) is 0 Å². The molecule has 2 aromatic heterocycles. The lowest BCUT2D eigenvalue weighted by molar-refractivity contribution is 0.911. The van der Waals surface area contributed by atoms with Gasteiger partial charge < -0.3 is 5.73 Å². The van der Waals surface area contributed by atoms with Crippen LogP contribution in [0.25, 0.3) is 17.2 Å². The molecule has 0 saturated carbocycles. The molecule has 0 saturated heterocycles. The maximum Gasteiger partial charge on any atom is 0.178 e. The lowest BCUT2D eigenvalue weighted by atomic mass is 10.2. The van der Waals surface area contributed by atoms with Crippen LogP contribution in [-0.2, 0) is 0 Å². The van der Waals surface area contributed by atoms with Gasteiger partial charge in [0.05, 0.1) is 11.8 Å². The van der Waals surface area contributed by atoms with E-state index < -0.39 is 0 Å². The maximum atomic E-state index is 9.15. The Balaban J connectivity index is 2.16. The molecular weight excluding hydrogens is 252 g/mol. The van der Waals surface area contributed by atoms with Crippen LogP contribution in [-0.4, -0.2) is 19.7 Å². The number of nitrogen functional groups attached to an aromatic ring is 1. The molecule has 3 aromatic rings. The summed E-state index contributed by atoms with van der Waals surface area (Å²) in [5, 5.41) is 17.0. The summed E-state index contributed by atoms with van der Waals surface area (Å²) in [4.78, 5) is 4.31. The first-order chi connectivity index (χ1) is 9.79. The summed E-state index contributed by atoms with van der Waals surface area (Å²) in [7, 11) is 0. The molecule has 0 atom stereocenters. The van der Waals surface area contributed by atoms with Gasteiger partial charge in [-0.25, -0.2) is 4.98 Å². The molecule has 2 heterocycles. The lowest BCUT2D eigenvalue weighted by Crippen LogP contribution is -2.03. The van der Waals surface area contributed by atoms with E-state index in [0.717, 1.165) is 5.56 Å². The molecule has 0 fully saturated rings. The Morgan fingerprint density at radius 2 is 1.90 bits per heavy atom. The van der Waals surface area contributed by atoms with Gasteiger partial charge in [-0.05, 0) is 30.3 Å². The predicted molar refractivity (Wildman–Crippen MR) is 73.7 cm³/mol. The fourth-order valence-electron chi connectivity index (χ4n) is 1.91. The van der Waals surface area contributed by atoms with Crippen molar-refractivity contribution in [1.82, 2.24) is 19.7 Å². The van der Waals surface area contributed by atoms with Gasteiger partial charge >= 0.3 is 0 Å². The molecule has 0 aliphatic rings. The van der Waals surface area contributed by atoms with Gasteiger partial charge in [-0.1, -0.05) is 0 Å². The third kappa shape index (κ3) is 1.97. The van der Waals surface area contributed by atoms with Gasteiger partial charge in [0.2, 0.25) is 0 Å². The number of nitrogens with zero attached hydrogens (tertiary/aromatic N) is 5. The van der Waals surface area contributed by atoms with Crippen LogP contribution in [0.1, 0.15) is 5.56 Å². The fraction of sp³-hybridized carbons (Fsp3) is 0. The van der Waals surface area contributed by atoms with Crippen LogP contribution in [0.5, 0.6) is 0 Å². The lowest BCUT2D eigenvalue weighted by Gasteiger charge is -2.07. The highest BCUT2D eigenvalue weighted by Gasteiger charge is 2.12. The van der Waals surface area contributed by atoms with Crippen molar-refractivity contribution in [3.8, 4) is 23.3 Å².